The smallest absolute Gasteiger partial charge is 0.144 e. The SMILES string of the molecule is CC1(C)CC(=O)[C@H]2C(c3cccc4ccccc34)=NN[C@H]2C1. The third-order valence-electron chi connectivity index (χ3n) is 4.89. The molecule has 2 aromatic rings. The average Bonchev–Trinajstić information content (AvgIpc) is 2.89. The molecule has 1 N–H and O–H groups in total. The van der Waals surface area contributed by atoms with Crippen LogP contribution < -0.4 is 5.43 Å². The van der Waals surface area contributed by atoms with Gasteiger partial charge in [0.15, 0.2) is 0 Å². The molecule has 0 saturated heterocycles. The van der Waals surface area contributed by atoms with Crippen LogP contribution in [0.5, 0.6) is 0 Å². The van der Waals surface area contributed by atoms with Crippen LogP contribution >= 0.6 is 0 Å². The van der Waals surface area contributed by atoms with Crippen molar-refractivity contribution in [3.63, 3.8) is 0 Å². The van der Waals surface area contributed by atoms with Gasteiger partial charge >= 0.3 is 0 Å². The quantitative estimate of drug-likeness (QED) is 0.873. The molecule has 1 fully saturated rings. The number of Topliss-reactive ketones (excluding diaryl/α,β-unsaturated/α-hetero) is 1. The number of nitrogens with one attached hydrogen (secondary N) is 1. The summed E-state index contributed by atoms with van der Waals surface area (Å²) in [5, 5.41) is 6.92. The molecule has 1 aliphatic carbocycles. The molecule has 2 aliphatic rings. The van der Waals surface area contributed by atoms with E-state index in [2.05, 4.69) is 48.6 Å². The number of carbonyl (C=O) groups is 1. The zero-order valence-corrected chi connectivity index (χ0v) is 13.0. The molecule has 0 bridgehead atoms. The lowest BCUT2D eigenvalue weighted by atomic mass is 9.68. The Morgan fingerprint density at radius 3 is 2.77 bits per heavy atom. The first kappa shape index (κ1) is 13.5. The Hall–Kier alpha value is -2.16. The van der Waals surface area contributed by atoms with Gasteiger partial charge in [-0.1, -0.05) is 56.3 Å². The van der Waals surface area contributed by atoms with Gasteiger partial charge < -0.3 is 5.43 Å². The lowest BCUT2D eigenvalue weighted by Crippen LogP contribution is -2.45. The van der Waals surface area contributed by atoms with Crippen LogP contribution in [0.2, 0.25) is 0 Å². The summed E-state index contributed by atoms with van der Waals surface area (Å²) < 4.78 is 0. The molecule has 0 spiro atoms. The number of ketones is 1. The molecule has 0 radical (unpaired) electrons. The highest BCUT2D eigenvalue weighted by atomic mass is 16.1. The topological polar surface area (TPSA) is 41.5 Å². The summed E-state index contributed by atoms with van der Waals surface area (Å²) in [6.07, 6.45) is 1.63. The molecule has 1 aliphatic heterocycles. The minimum absolute atomic E-state index is 0.0645. The first-order valence-electron chi connectivity index (χ1n) is 7.89. The molecular weight excluding hydrogens is 272 g/mol. The average molecular weight is 292 g/mol. The minimum Gasteiger partial charge on any atom is -0.306 e. The maximum absolute atomic E-state index is 12.7. The van der Waals surface area contributed by atoms with Crippen molar-refractivity contribution in [2.45, 2.75) is 32.7 Å². The van der Waals surface area contributed by atoms with E-state index < -0.39 is 0 Å². The van der Waals surface area contributed by atoms with Gasteiger partial charge in [-0.25, -0.2) is 0 Å². The summed E-state index contributed by atoms with van der Waals surface area (Å²) in [6.45, 7) is 4.33. The summed E-state index contributed by atoms with van der Waals surface area (Å²) >= 11 is 0. The number of benzene rings is 2. The van der Waals surface area contributed by atoms with Crippen molar-refractivity contribution in [1.82, 2.24) is 5.43 Å². The first-order chi connectivity index (χ1) is 10.6. The Balaban J connectivity index is 1.79. The van der Waals surface area contributed by atoms with Crippen molar-refractivity contribution in [1.29, 1.82) is 0 Å². The van der Waals surface area contributed by atoms with E-state index in [1.54, 1.807) is 0 Å². The number of hydrazone groups is 1. The van der Waals surface area contributed by atoms with E-state index >= 15 is 0 Å². The van der Waals surface area contributed by atoms with Gasteiger partial charge in [0.2, 0.25) is 0 Å². The molecule has 22 heavy (non-hydrogen) atoms. The van der Waals surface area contributed by atoms with Gasteiger partial charge in [0.05, 0.1) is 17.7 Å². The van der Waals surface area contributed by atoms with Crippen molar-refractivity contribution in [3.05, 3.63) is 48.0 Å². The minimum atomic E-state index is -0.0983. The molecule has 3 heteroatoms. The second-order valence-corrected chi connectivity index (χ2v) is 7.25. The Morgan fingerprint density at radius 2 is 1.91 bits per heavy atom. The fourth-order valence-corrected chi connectivity index (χ4v) is 3.95. The number of nitrogens with zero attached hydrogens (tertiary/aromatic N) is 1. The summed E-state index contributed by atoms with van der Waals surface area (Å²) in [4.78, 5) is 12.7. The van der Waals surface area contributed by atoms with Crippen LogP contribution in [0.4, 0.5) is 0 Å². The van der Waals surface area contributed by atoms with E-state index in [1.807, 2.05) is 18.2 Å². The second-order valence-electron chi connectivity index (χ2n) is 7.25. The fourth-order valence-electron chi connectivity index (χ4n) is 3.95. The summed E-state index contributed by atoms with van der Waals surface area (Å²) in [5.41, 5.74) is 5.30. The highest BCUT2D eigenvalue weighted by molar-refractivity contribution is 6.20. The van der Waals surface area contributed by atoms with E-state index in [4.69, 9.17) is 0 Å². The van der Waals surface area contributed by atoms with Crippen molar-refractivity contribution in [2.75, 3.05) is 0 Å². The highest BCUT2D eigenvalue weighted by Crippen LogP contribution is 2.40. The van der Waals surface area contributed by atoms with Crippen LogP contribution in [-0.2, 0) is 4.79 Å². The van der Waals surface area contributed by atoms with E-state index in [9.17, 15) is 4.79 Å². The maximum Gasteiger partial charge on any atom is 0.144 e. The summed E-state index contributed by atoms with van der Waals surface area (Å²) in [6, 6.07) is 14.7. The fraction of sp³-hybridized carbons (Fsp3) is 0.368. The van der Waals surface area contributed by atoms with Crippen molar-refractivity contribution in [2.24, 2.45) is 16.4 Å². The number of rotatable bonds is 1. The first-order valence-corrected chi connectivity index (χ1v) is 7.89. The lowest BCUT2D eigenvalue weighted by molar-refractivity contribution is -0.126. The van der Waals surface area contributed by atoms with Crippen LogP contribution in [0.15, 0.2) is 47.6 Å². The molecule has 0 aromatic heterocycles. The monoisotopic (exact) mass is 292 g/mol. The van der Waals surface area contributed by atoms with E-state index in [0.717, 1.165) is 17.7 Å². The number of hydrogen-bond acceptors (Lipinski definition) is 3. The maximum atomic E-state index is 12.7. The molecule has 0 amide bonds. The van der Waals surface area contributed by atoms with Gasteiger partial charge in [-0.15, -0.1) is 0 Å². The molecule has 4 rings (SSSR count). The van der Waals surface area contributed by atoms with Gasteiger partial charge in [0.1, 0.15) is 5.78 Å². The molecule has 2 atom stereocenters. The van der Waals surface area contributed by atoms with Crippen LogP contribution in [0.1, 0.15) is 32.3 Å². The van der Waals surface area contributed by atoms with Gasteiger partial charge in [-0.3, -0.25) is 4.79 Å². The van der Waals surface area contributed by atoms with Crippen LogP contribution in [0.25, 0.3) is 10.8 Å². The zero-order valence-electron chi connectivity index (χ0n) is 13.0. The van der Waals surface area contributed by atoms with Gasteiger partial charge in [0.25, 0.3) is 0 Å². The van der Waals surface area contributed by atoms with Gasteiger partial charge in [-0.05, 0) is 22.6 Å². The number of carbonyl (C=O) groups excluding carboxylic acids is 1. The Labute approximate surface area is 130 Å². The van der Waals surface area contributed by atoms with Crippen LogP contribution in [0, 0.1) is 11.3 Å². The van der Waals surface area contributed by atoms with Crippen LogP contribution in [0.3, 0.4) is 0 Å². The molecule has 3 nitrogen and oxygen atoms in total. The summed E-state index contributed by atoms with van der Waals surface area (Å²) in [5.74, 6) is 0.219. The summed E-state index contributed by atoms with van der Waals surface area (Å²) in [7, 11) is 0. The second kappa shape index (κ2) is 4.67. The molecule has 1 saturated carbocycles. The largest absolute Gasteiger partial charge is 0.306 e. The number of fused-ring (bicyclic) bond motifs is 2. The van der Waals surface area contributed by atoms with Gasteiger partial charge in [-0.2, -0.15) is 5.10 Å². The predicted octanol–water partition coefficient (Wildman–Crippen LogP) is 3.52. The molecule has 2 aromatic carbocycles. The highest BCUT2D eigenvalue weighted by Gasteiger charge is 2.46. The molecule has 0 unspecified atom stereocenters. The van der Waals surface area contributed by atoms with Gasteiger partial charge in [0, 0.05) is 12.0 Å². The molecule has 1 heterocycles. The van der Waals surface area contributed by atoms with E-state index in [-0.39, 0.29) is 17.4 Å². The van der Waals surface area contributed by atoms with Crippen molar-refractivity contribution >= 4 is 22.3 Å². The standard InChI is InChI=1S/C19H20N2O/c1-19(2)10-15-17(16(22)11-19)18(21-20-15)14-9-5-7-12-6-3-4-8-13(12)14/h3-9,15,17,20H,10-11H2,1-2H3/t15-,17-/m0/s1. The Morgan fingerprint density at radius 1 is 1.14 bits per heavy atom. The van der Waals surface area contributed by atoms with Crippen LogP contribution in [-0.4, -0.2) is 17.5 Å². The molecular formula is C19H20N2O. The number of hydrogen-bond donors (Lipinski definition) is 1. The Bertz CT molecular complexity index is 786. The van der Waals surface area contributed by atoms with Crippen molar-refractivity contribution in [3.8, 4) is 0 Å². The molecule has 112 valence electrons. The normalized spacial score (nSPS) is 26.5. The third kappa shape index (κ3) is 2.04. The van der Waals surface area contributed by atoms with E-state index in [1.165, 1.54) is 10.8 Å². The zero-order chi connectivity index (χ0) is 15.3. The Kier molecular flexibility index (Phi) is 2.86. The third-order valence-corrected chi connectivity index (χ3v) is 4.89. The van der Waals surface area contributed by atoms with Crippen molar-refractivity contribution < 1.29 is 4.79 Å². The lowest BCUT2D eigenvalue weighted by Gasteiger charge is -2.36. The predicted molar refractivity (Wildman–Crippen MR) is 88.9 cm³/mol. The van der Waals surface area contributed by atoms with E-state index in [0.29, 0.717) is 12.2 Å².